The number of aromatic amines is 1. The topological polar surface area (TPSA) is 37.8 Å². The number of fused-ring (bicyclic) bond motifs is 1. The van der Waals surface area contributed by atoms with Gasteiger partial charge in [-0.1, -0.05) is 0 Å². The van der Waals surface area contributed by atoms with Gasteiger partial charge in [0.2, 0.25) is 0 Å². The van der Waals surface area contributed by atoms with Crippen molar-refractivity contribution in [2.45, 2.75) is 0 Å². The molecule has 1 heterocycles. The summed E-state index contributed by atoms with van der Waals surface area (Å²) >= 11 is 7.21. The molecule has 0 bridgehead atoms. The number of benzene rings is 2. The van der Waals surface area contributed by atoms with E-state index >= 15 is 0 Å². The highest BCUT2D eigenvalue weighted by Gasteiger charge is 2.10. The van der Waals surface area contributed by atoms with Gasteiger partial charge in [-0.3, -0.25) is 9.36 Å². The average molecular weight is 416 g/mol. The molecular formula is C14H7F2IN2OS. The standard InChI is InChI=1S/C14H7F2IN2OS/c15-7-3-8(16)5-10(4-7)19-13(20)11-6-9(17)1-2-12(11)18-14(19)21/h1-6H,(H,18,21). The second-order valence-corrected chi connectivity index (χ2v) is 6.02. The van der Waals surface area contributed by atoms with Crippen LogP contribution in [0.25, 0.3) is 16.6 Å². The molecule has 0 aliphatic heterocycles. The van der Waals surface area contributed by atoms with E-state index in [1.165, 1.54) is 0 Å². The largest absolute Gasteiger partial charge is 0.331 e. The molecule has 0 saturated heterocycles. The zero-order valence-electron chi connectivity index (χ0n) is 10.4. The van der Waals surface area contributed by atoms with Gasteiger partial charge in [0.25, 0.3) is 5.56 Å². The van der Waals surface area contributed by atoms with Crippen molar-refractivity contribution in [2.24, 2.45) is 0 Å². The molecule has 0 atom stereocenters. The first-order valence-corrected chi connectivity index (χ1v) is 7.35. The van der Waals surface area contributed by atoms with Crippen molar-refractivity contribution in [2.75, 3.05) is 0 Å². The van der Waals surface area contributed by atoms with Gasteiger partial charge in [-0.25, -0.2) is 8.78 Å². The molecule has 2 aromatic carbocycles. The number of nitrogens with zero attached hydrogens (tertiary/aromatic N) is 1. The lowest BCUT2D eigenvalue weighted by Crippen LogP contribution is -2.20. The van der Waals surface area contributed by atoms with Crippen LogP contribution in [0.2, 0.25) is 0 Å². The van der Waals surface area contributed by atoms with Crippen molar-refractivity contribution in [3.05, 3.63) is 66.7 Å². The van der Waals surface area contributed by atoms with Gasteiger partial charge in [-0.05, 0) is 65.1 Å². The second-order valence-electron chi connectivity index (χ2n) is 4.39. The highest BCUT2D eigenvalue weighted by molar-refractivity contribution is 14.1. The summed E-state index contributed by atoms with van der Waals surface area (Å²) in [7, 11) is 0. The van der Waals surface area contributed by atoms with E-state index in [0.717, 1.165) is 26.3 Å². The maximum Gasteiger partial charge on any atom is 0.266 e. The molecule has 0 spiro atoms. The molecule has 0 unspecified atom stereocenters. The number of hydrogen-bond donors (Lipinski definition) is 1. The Kier molecular flexibility index (Phi) is 3.62. The minimum absolute atomic E-state index is 0.0551. The Labute approximate surface area is 136 Å². The van der Waals surface area contributed by atoms with E-state index < -0.39 is 17.2 Å². The van der Waals surface area contributed by atoms with Crippen molar-refractivity contribution in [3.63, 3.8) is 0 Å². The van der Waals surface area contributed by atoms with Crippen LogP contribution < -0.4 is 5.56 Å². The first-order chi connectivity index (χ1) is 9.95. The lowest BCUT2D eigenvalue weighted by atomic mass is 10.2. The number of nitrogens with one attached hydrogen (secondary N) is 1. The number of aromatic nitrogens is 2. The van der Waals surface area contributed by atoms with Crippen molar-refractivity contribution < 1.29 is 8.78 Å². The van der Waals surface area contributed by atoms with Crippen molar-refractivity contribution in [3.8, 4) is 5.69 Å². The monoisotopic (exact) mass is 416 g/mol. The summed E-state index contributed by atoms with van der Waals surface area (Å²) in [6, 6.07) is 8.13. The van der Waals surface area contributed by atoms with Gasteiger partial charge in [0, 0.05) is 9.64 Å². The smallest absolute Gasteiger partial charge is 0.266 e. The number of halogens is 3. The minimum atomic E-state index is -0.769. The fourth-order valence-corrected chi connectivity index (χ4v) is 2.88. The van der Waals surface area contributed by atoms with Crippen LogP contribution >= 0.6 is 34.8 Å². The van der Waals surface area contributed by atoms with Crippen LogP contribution in [0.4, 0.5) is 8.78 Å². The summed E-state index contributed by atoms with van der Waals surface area (Å²) in [6.07, 6.45) is 0. The van der Waals surface area contributed by atoms with Crippen LogP contribution in [0.1, 0.15) is 0 Å². The van der Waals surface area contributed by atoms with Gasteiger partial charge in [0.05, 0.1) is 16.6 Å². The summed E-state index contributed by atoms with van der Waals surface area (Å²) in [4.78, 5) is 15.4. The highest BCUT2D eigenvalue weighted by Crippen LogP contribution is 2.16. The quantitative estimate of drug-likeness (QED) is 0.482. The molecule has 0 aliphatic rings. The van der Waals surface area contributed by atoms with Crippen molar-refractivity contribution in [1.82, 2.24) is 9.55 Å². The van der Waals surface area contributed by atoms with Gasteiger partial charge in [0.15, 0.2) is 4.77 Å². The molecule has 0 amide bonds. The summed E-state index contributed by atoms with van der Waals surface area (Å²) in [5.74, 6) is -1.54. The Morgan fingerprint density at radius 1 is 1.10 bits per heavy atom. The Balaban J connectivity index is 2.42. The Hall–Kier alpha value is -1.61. The normalized spacial score (nSPS) is 11.0. The maximum atomic E-state index is 13.4. The molecule has 3 rings (SSSR count). The summed E-state index contributed by atoms with van der Waals surface area (Å²) in [5, 5.41) is 0.403. The summed E-state index contributed by atoms with van der Waals surface area (Å²) in [6.45, 7) is 0. The first-order valence-electron chi connectivity index (χ1n) is 5.87. The third-order valence-electron chi connectivity index (χ3n) is 2.97. The van der Waals surface area contributed by atoms with Crippen LogP contribution in [0.15, 0.2) is 41.2 Å². The molecule has 21 heavy (non-hydrogen) atoms. The number of rotatable bonds is 1. The molecule has 106 valence electrons. The lowest BCUT2D eigenvalue weighted by Gasteiger charge is -2.08. The SMILES string of the molecule is O=c1c2cc(I)ccc2[nH]c(=S)n1-c1cc(F)cc(F)c1. The van der Waals surface area contributed by atoms with E-state index in [2.05, 4.69) is 27.6 Å². The number of H-pyrrole nitrogens is 1. The zero-order chi connectivity index (χ0) is 15.1. The predicted molar refractivity (Wildman–Crippen MR) is 87.4 cm³/mol. The van der Waals surface area contributed by atoms with Gasteiger partial charge in [-0.2, -0.15) is 0 Å². The lowest BCUT2D eigenvalue weighted by molar-refractivity contribution is 0.581. The van der Waals surface area contributed by atoms with Crippen LogP contribution in [0.3, 0.4) is 0 Å². The highest BCUT2D eigenvalue weighted by atomic mass is 127. The molecule has 0 fully saturated rings. The van der Waals surface area contributed by atoms with Crippen molar-refractivity contribution in [1.29, 1.82) is 0 Å². The molecule has 3 nitrogen and oxygen atoms in total. The second kappa shape index (κ2) is 5.30. The fourth-order valence-electron chi connectivity index (χ4n) is 2.09. The minimum Gasteiger partial charge on any atom is -0.331 e. The Morgan fingerprint density at radius 3 is 2.43 bits per heavy atom. The van der Waals surface area contributed by atoms with Gasteiger partial charge in [-0.15, -0.1) is 0 Å². The molecule has 1 N–H and O–H groups in total. The third kappa shape index (κ3) is 2.62. The van der Waals surface area contributed by atoms with E-state index in [0.29, 0.717) is 10.9 Å². The van der Waals surface area contributed by atoms with E-state index in [9.17, 15) is 13.6 Å². The zero-order valence-corrected chi connectivity index (χ0v) is 13.3. The van der Waals surface area contributed by atoms with E-state index in [4.69, 9.17) is 12.2 Å². The summed E-state index contributed by atoms with van der Waals surface area (Å²) < 4.78 is 28.7. The van der Waals surface area contributed by atoms with Gasteiger partial charge in [0.1, 0.15) is 11.6 Å². The van der Waals surface area contributed by atoms with Crippen molar-refractivity contribution >= 4 is 45.7 Å². The van der Waals surface area contributed by atoms with Crippen LogP contribution in [0.5, 0.6) is 0 Å². The average Bonchev–Trinajstić information content (AvgIpc) is 2.39. The molecule has 7 heteroatoms. The number of hydrogen-bond acceptors (Lipinski definition) is 2. The van der Waals surface area contributed by atoms with Crippen LogP contribution in [-0.4, -0.2) is 9.55 Å². The molecule has 0 radical (unpaired) electrons. The van der Waals surface area contributed by atoms with Gasteiger partial charge < -0.3 is 4.98 Å². The Morgan fingerprint density at radius 2 is 1.76 bits per heavy atom. The molecule has 0 saturated carbocycles. The van der Waals surface area contributed by atoms with E-state index in [-0.39, 0.29) is 10.5 Å². The summed E-state index contributed by atoms with van der Waals surface area (Å²) in [5.41, 5.74) is 0.218. The fraction of sp³-hybridized carbons (Fsp3) is 0. The van der Waals surface area contributed by atoms with Gasteiger partial charge >= 0.3 is 0 Å². The van der Waals surface area contributed by atoms with Crippen LogP contribution in [-0.2, 0) is 0 Å². The third-order valence-corrected chi connectivity index (χ3v) is 3.92. The predicted octanol–water partition coefficient (Wildman–Crippen LogP) is 3.93. The maximum absolute atomic E-state index is 13.4. The molecular weight excluding hydrogens is 409 g/mol. The first kappa shape index (κ1) is 14.3. The van der Waals surface area contributed by atoms with Crippen LogP contribution in [0, 0.1) is 20.0 Å². The van der Waals surface area contributed by atoms with E-state index in [1.807, 2.05) is 6.07 Å². The molecule has 0 aliphatic carbocycles. The Bertz CT molecular complexity index is 961. The molecule has 1 aromatic heterocycles. The van der Waals surface area contributed by atoms with E-state index in [1.54, 1.807) is 12.1 Å². The molecule has 3 aromatic rings.